The van der Waals surface area contributed by atoms with E-state index in [1.807, 2.05) is 12.1 Å². The third-order valence-electron chi connectivity index (χ3n) is 4.40. The lowest BCUT2D eigenvalue weighted by molar-refractivity contribution is -0.137. The van der Waals surface area contributed by atoms with Gasteiger partial charge < -0.3 is 10.1 Å². The molecule has 0 aliphatic rings. The van der Waals surface area contributed by atoms with Gasteiger partial charge >= 0.3 is 6.18 Å². The second-order valence-electron chi connectivity index (χ2n) is 6.65. The number of aromatic nitrogens is 3. The predicted octanol–water partition coefficient (Wildman–Crippen LogP) is 4.26. The number of nitrogens with one attached hydrogen (secondary N) is 1. The topological polar surface area (TPSA) is 69.0 Å². The van der Waals surface area contributed by atoms with Gasteiger partial charge in [-0.3, -0.25) is 9.36 Å². The fraction of sp³-hybridized carbons (Fsp3) is 0.286. The van der Waals surface area contributed by atoms with Gasteiger partial charge in [0.1, 0.15) is 5.82 Å². The van der Waals surface area contributed by atoms with Crippen molar-refractivity contribution in [2.75, 3.05) is 20.3 Å². The smallest absolute Gasteiger partial charge is 0.383 e. The minimum absolute atomic E-state index is 0.184. The van der Waals surface area contributed by atoms with Crippen LogP contribution in [0.25, 0.3) is 5.69 Å². The van der Waals surface area contributed by atoms with Gasteiger partial charge in [-0.15, -0.1) is 10.2 Å². The van der Waals surface area contributed by atoms with Crippen LogP contribution in [0.2, 0.25) is 0 Å². The third-order valence-corrected chi connectivity index (χ3v) is 5.40. The number of ether oxygens (including phenoxy) is 1. The first-order valence-corrected chi connectivity index (χ1v) is 10.4. The van der Waals surface area contributed by atoms with Crippen LogP contribution in [0.5, 0.6) is 0 Å². The number of alkyl halides is 3. The number of hydrogen-bond acceptors (Lipinski definition) is 5. The van der Waals surface area contributed by atoms with Crippen molar-refractivity contribution in [1.29, 1.82) is 0 Å². The molecule has 0 fully saturated rings. The predicted molar refractivity (Wildman–Crippen MR) is 111 cm³/mol. The van der Waals surface area contributed by atoms with E-state index in [4.69, 9.17) is 4.74 Å². The summed E-state index contributed by atoms with van der Waals surface area (Å²) in [6, 6.07) is 12.2. The second kappa shape index (κ2) is 9.97. The summed E-state index contributed by atoms with van der Waals surface area (Å²) in [4.78, 5) is 12.0. The number of halogens is 3. The van der Waals surface area contributed by atoms with Crippen LogP contribution in [0.15, 0.2) is 53.7 Å². The van der Waals surface area contributed by atoms with Crippen molar-refractivity contribution < 1.29 is 22.7 Å². The van der Waals surface area contributed by atoms with Gasteiger partial charge in [-0.2, -0.15) is 13.2 Å². The average Bonchev–Trinajstić information content (AvgIpc) is 3.12. The molecule has 0 aliphatic carbocycles. The Bertz CT molecular complexity index is 1040. The van der Waals surface area contributed by atoms with Crippen molar-refractivity contribution in [2.24, 2.45) is 0 Å². The highest BCUT2D eigenvalue weighted by Gasteiger charge is 2.30. The van der Waals surface area contributed by atoms with Gasteiger partial charge in [0.05, 0.1) is 12.2 Å². The number of carbonyl (C=O) groups excluding carboxylic acids is 1. The minimum atomic E-state index is -4.43. The lowest BCUT2D eigenvalue weighted by Gasteiger charge is -2.12. The van der Waals surface area contributed by atoms with Gasteiger partial charge in [0.25, 0.3) is 5.91 Å². The fourth-order valence-corrected chi connectivity index (χ4v) is 3.78. The van der Waals surface area contributed by atoms with E-state index in [-0.39, 0.29) is 5.91 Å². The molecule has 0 unspecified atom stereocenters. The zero-order valence-corrected chi connectivity index (χ0v) is 17.8. The number of thioether (sulfide) groups is 1. The number of amides is 1. The fourth-order valence-electron chi connectivity index (χ4n) is 2.82. The Kier molecular flexibility index (Phi) is 7.34. The van der Waals surface area contributed by atoms with Gasteiger partial charge in [0, 0.05) is 30.7 Å². The standard InChI is InChI=1S/C21H21F3N4O2S/c1-14-26-27-20(28(14)18-5-3-4-17(12-18)21(22,23)24)31-13-15-6-8-16(9-7-15)19(29)25-10-11-30-2/h3-9,12H,10-11,13H2,1-2H3,(H,25,29). The van der Waals surface area contributed by atoms with Crippen LogP contribution in [0.4, 0.5) is 13.2 Å². The molecule has 164 valence electrons. The molecule has 1 aromatic heterocycles. The zero-order chi connectivity index (χ0) is 22.4. The molecular formula is C21H21F3N4O2S. The van der Waals surface area contributed by atoms with E-state index in [1.165, 1.54) is 17.8 Å². The molecule has 1 amide bonds. The summed E-state index contributed by atoms with van der Waals surface area (Å²) < 4.78 is 45.7. The van der Waals surface area contributed by atoms with Crippen LogP contribution in [-0.2, 0) is 16.7 Å². The summed E-state index contributed by atoms with van der Waals surface area (Å²) in [6.07, 6.45) is -4.43. The highest BCUT2D eigenvalue weighted by molar-refractivity contribution is 7.98. The largest absolute Gasteiger partial charge is 0.416 e. The highest BCUT2D eigenvalue weighted by Crippen LogP contribution is 2.32. The summed E-state index contributed by atoms with van der Waals surface area (Å²) in [7, 11) is 1.56. The number of nitrogens with zero attached hydrogens (tertiary/aromatic N) is 3. The molecule has 1 heterocycles. The maximum Gasteiger partial charge on any atom is 0.416 e. The third kappa shape index (κ3) is 5.86. The molecule has 0 atom stereocenters. The quantitative estimate of drug-likeness (QED) is 0.410. The summed E-state index contributed by atoms with van der Waals surface area (Å²) in [6.45, 7) is 2.55. The molecule has 0 radical (unpaired) electrons. The number of aryl methyl sites for hydroxylation is 1. The molecule has 6 nitrogen and oxygen atoms in total. The number of rotatable bonds is 8. The van der Waals surface area contributed by atoms with Crippen LogP contribution >= 0.6 is 11.8 Å². The Morgan fingerprint density at radius 3 is 2.58 bits per heavy atom. The molecule has 0 spiro atoms. The van der Waals surface area contributed by atoms with Crippen LogP contribution in [0.1, 0.15) is 27.3 Å². The van der Waals surface area contributed by atoms with Crippen molar-refractivity contribution in [1.82, 2.24) is 20.1 Å². The van der Waals surface area contributed by atoms with Crippen molar-refractivity contribution in [3.63, 3.8) is 0 Å². The zero-order valence-electron chi connectivity index (χ0n) is 16.9. The Hall–Kier alpha value is -2.85. The van der Waals surface area contributed by atoms with Crippen LogP contribution in [-0.4, -0.2) is 40.9 Å². The van der Waals surface area contributed by atoms with E-state index in [1.54, 1.807) is 36.8 Å². The highest BCUT2D eigenvalue weighted by atomic mass is 32.2. The first-order chi connectivity index (χ1) is 14.8. The Morgan fingerprint density at radius 2 is 1.90 bits per heavy atom. The lowest BCUT2D eigenvalue weighted by Crippen LogP contribution is -2.26. The summed E-state index contributed by atoms with van der Waals surface area (Å²) >= 11 is 1.35. The summed E-state index contributed by atoms with van der Waals surface area (Å²) in [5.74, 6) is 0.823. The molecule has 2 aromatic carbocycles. The van der Waals surface area contributed by atoms with Gasteiger partial charge in [-0.25, -0.2) is 0 Å². The SMILES string of the molecule is COCCNC(=O)c1ccc(CSc2nnc(C)n2-c2cccc(C(F)(F)F)c2)cc1. The monoisotopic (exact) mass is 450 g/mol. The molecule has 0 aliphatic heterocycles. The molecule has 3 aromatic rings. The van der Waals surface area contributed by atoms with Crippen molar-refractivity contribution >= 4 is 17.7 Å². The number of benzene rings is 2. The molecule has 10 heteroatoms. The Labute approximate surface area is 181 Å². The average molecular weight is 450 g/mol. The normalized spacial score (nSPS) is 11.5. The van der Waals surface area contributed by atoms with Crippen molar-refractivity contribution in [3.8, 4) is 5.69 Å². The maximum absolute atomic E-state index is 13.1. The Morgan fingerprint density at radius 1 is 1.16 bits per heavy atom. The molecular weight excluding hydrogens is 429 g/mol. The van der Waals surface area contributed by atoms with Gasteiger partial charge in [0.2, 0.25) is 0 Å². The minimum Gasteiger partial charge on any atom is -0.383 e. The first-order valence-electron chi connectivity index (χ1n) is 9.38. The van der Waals surface area contributed by atoms with Crippen LogP contribution < -0.4 is 5.32 Å². The van der Waals surface area contributed by atoms with Crippen molar-refractivity contribution in [2.45, 2.75) is 24.0 Å². The maximum atomic E-state index is 13.1. The molecule has 1 N–H and O–H groups in total. The van der Waals surface area contributed by atoms with Crippen LogP contribution in [0, 0.1) is 6.92 Å². The number of hydrogen-bond donors (Lipinski definition) is 1. The summed E-state index contributed by atoms with van der Waals surface area (Å²) in [5, 5.41) is 11.4. The van der Waals surface area contributed by atoms with E-state index >= 15 is 0 Å². The van der Waals surface area contributed by atoms with Crippen molar-refractivity contribution in [3.05, 3.63) is 71.0 Å². The molecule has 3 rings (SSSR count). The molecule has 0 saturated carbocycles. The number of methoxy groups -OCH3 is 1. The first kappa shape index (κ1) is 22.8. The van der Waals surface area contributed by atoms with E-state index < -0.39 is 11.7 Å². The van der Waals surface area contributed by atoms with E-state index in [0.29, 0.717) is 41.1 Å². The molecule has 31 heavy (non-hydrogen) atoms. The van der Waals surface area contributed by atoms with E-state index in [9.17, 15) is 18.0 Å². The second-order valence-corrected chi connectivity index (χ2v) is 7.59. The van der Waals surface area contributed by atoms with Gasteiger partial charge in [0.15, 0.2) is 5.16 Å². The van der Waals surface area contributed by atoms with Gasteiger partial charge in [-0.05, 0) is 42.8 Å². The van der Waals surface area contributed by atoms with E-state index in [2.05, 4.69) is 15.5 Å². The lowest BCUT2D eigenvalue weighted by atomic mass is 10.1. The van der Waals surface area contributed by atoms with E-state index in [0.717, 1.165) is 17.7 Å². The molecule has 0 saturated heterocycles. The van der Waals surface area contributed by atoms with Crippen LogP contribution in [0.3, 0.4) is 0 Å². The van der Waals surface area contributed by atoms with Gasteiger partial charge in [-0.1, -0.05) is 30.0 Å². The Balaban J connectivity index is 1.71. The number of carbonyl (C=O) groups is 1. The molecule has 0 bridgehead atoms. The summed E-state index contributed by atoms with van der Waals surface area (Å²) in [5.41, 5.74) is 1.10.